The fourth-order valence-corrected chi connectivity index (χ4v) is 2.58. The van der Waals surface area contributed by atoms with Gasteiger partial charge in [-0.2, -0.15) is 18.3 Å². The van der Waals surface area contributed by atoms with Crippen molar-refractivity contribution in [3.8, 4) is 5.69 Å². The van der Waals surface area contributed by atoms with E-state index in [9.17, 15) is 28.1 Å². The third-order valence-electron chi connectivity index (χ3n) is 4.02. The minimum atomic E-state index is -4.69. The van der Waals surface area contributed by atoms with Gasteiger partial charge < -0.3 is 10.6 Å². The van der Waals surface area contributed by atoms with Gasteiger partial charge in [0, 0.05) is 24.7 Å². The van der Waals surface area contributed by atoms with Crippen LogP contribution in [0.2, 0.25) is 0 Å². The highest BCUT2D eigenvalue weighted by molar-refractivity contribution is 5.91. The number of alkyl halides is 3. The van der Waals surface area contributed by atoms with Crippen molar-refractivity contribution in [1.29, 1.82) is 0 Å². The van der Waals surface area contributed by atoms with Gasteiger partial charge in [-0.1, -0.05) is 0 Å². The van der Waals surface area contributed by atoms with Gasteiger partial charge in [0.05, 0.1) is 16.2 Å². The summed E-state index contributed by atoms with van der Waals surface area (Å²) < 4.78 is 39.7. The van der Waals surface area contributed by atoms with E-state index in [1.807, 2.05) is 0 Å². The Bertz CT molecular complexity index is 1040. The zero-order valence-corrected chi connectivity index (χ0v) is 15.3. The van der Waals surface area contributed by atoms with Crippen LogP contribution in [0.1, 0.15) is 12.0 Å². The van der Waals surface area contributed by atoms with E-state index in [0.717, 1.165) is 17.8 Å². The van der Waals surface area contributed by atoms with Crippen LogP contribution in [0.3, 0.4) is 0 Å². The van der Waals surface area contributed by atoms with Crippen molar-refractivity contribution in [3.05, 3.63) is 70.8 Å². The summed E-state index contributed by atoms with van der Waals surface area (Å²) in [4.78, 5) is 26.1. The molecule has 0 saturated carbocycles. The summed E-state index contributed by atoms with van der Waals surface area (Å²) in [5, 5.41) is 20.3. The molecular weight excluding hydrogens is 405 g/mol. The van der Waals surface area contributed by atoms with Crippen molar-refractivity contribution in [3.63, 3.8) is 0 Å². The van der Waals surface area contributed by atoms with Gasteiger partial charge in [-0.3, -0.25) is 14.9 Å². The van der Waals surface area contributed by atoms with E-state index in [1.165, 1.54) is 12.7 Å². The molecule has 12 heteroatoms. The molecule has 30 heavy (non-hydrogen) atoms. The lowest BCUT2D eigenvalue weighted by Gasteiger charge is -2.11. The number of benzene rings is 2. The quantitative estimate of drug-likeness (QED) is 0.446. The SMILES string of the molecule is O=C(CCNc1ccc(C(F)(F)F)cc1[N+](=O)[O-])Nc1ccc(-n2cncn2)cc1. The highest BCUT2D eigenvalue weighted by Gasteiger charge is 2.33. The normalized spacial score (nSPS) is 11.2. The maximum atomic E-state index is 12.7. The first-order valence-corrected chi connectivity index (χ1v) is 8.58. The zero-order chi connectivity index (χ0) is 21.7. The molecule has 0 saturated heterocycles. The standard InChI is InChI=1S/C18H15F3N6O3/c19-18(20,21)12-1-6-15(16(9-12)27(29)30)23-8-7-17(28)25-13-2-4-14(5-3-13)26-11-22-10-24-26/h1-6,9-11,23H,7-8H2,(H,25,28). The molecule has 1 amide bonds. The van der Waals surface area contributed by atoms with E-state index in [2.05, 4.69) is 20.7 Å². The number of anilines is 2. The van der Waals surface area contributed by atoms with Crippen LogP contribution < -0.4 is 10.6 Å². The van der Waals surface area contributed by atoms with Gasteiger partial charge in [0.15, 0.2) is 0 Å². The molecule has 0 aliphatic carbocycles. The molecule has 3 rings (SSSR count). The summed E-state index contributed by atoms with van der Waals surface area (Å²) >= 11 is 0. The third kappa shape index (κ3) is 5.10. The zero-order valence-electron chi connectivity index (χ0n) is 15.3. The largest absolute Gasteiger partial charge is 0.416 e. The van der Waals surface area contributed by atoms with Crippen molar-refractivity contribution < 1.29 is 22.9 Å². The number of hydrogen-bond donors (Lipinski definition) is 2. The second kappa shape index (κ2) is 8.59. The van der Waals surface area contributed by atoms with Crippen molar-refractivity contribution in [2.75, 3.05) is 17.2 Å². The van der Waals surface area contributed by atoms with E-state index < -0.39 is 22.4 Å². The number of nitrogens with one attached hydrogen (secondary N) is 2. The second-order valence-electron chi connectivity index (χ2n) is 6.10. The minimum absolute atomic E-state index is 0.00488. The third-order valence-corrected chi connectivity index (χ3v) is 4.02. The highest BCUT2D eigenvalue weighted by atomic mass is 19.4. The molecule has 9 nitrogen and oxygen atoms in total. The predicted molar refractivity (Wildman–Crippen MR) is 101 cm³/mol. The number of carbonyl (C=O) groups is 1. The molecule has 0 unspecified atom stereocenters. The van der Waals surface area contributed by atoms with Crippen LogP contribution in [0.25, 0.3) is 5.69 Å². The van der Waals surface area contributed by atoms with Gasteiger partial charge in [0.2, 0.25) is 5.91 Å². The van der Waals surface area contributed by atoms with Crippen LogP contribution in [0.4, 0.5) is 30.2 Å². The highest BCUT2D eigenvalue weighted by Crippen LogP contribution is 2.34. The predicted octanol–water partition coefficient (Wildman–Crippen LogP) is 3.64. The molecule has 0 fully saturated rings. The maximum Gasteiger partial charge on any atom is 0.416 e. The monoisotopic (exact) mass is 420 g/mol. The number of nitro benzene ring substituents is 1. The van der Waals surface area contributed by atoms with Crippen molar-refractivity contribution in [1.82, 2.24) is 14.8 Å². The number of amides is 1. The van der Waals surface area contributed by atoms with Crippen LogP contribution in [-0.4, -0.2) is 32.1 Å². The van der Waals surface area contributed by atoms with Crippen LogP contribution in [-0.2, 0) is 11.0 Å². The van der Waals surface area contributed by atoms with Crippen LogP contribution >= 0.6 is 0 Å². The van der Waals surface area contributed by atoms with E-state index in [4.69, 9.17) is 0 Å². The lowest BCUT2D eigenvalue weighted by atomic mass is 10.1. The molecule has 0 radical (unpaired) electrons. The average molecular weight is 420 g/mol. The molecule has 1 heterocycles. The fraction of sp³-hybridized carbons (Fsp3) is 0.167. The average Bonchev–Trinajstić information content (AvgIpc) is 3.22. The number of halogens is 3. The van der Waals surface area contributed by atoms with Gasteiger partial charge in [-0.15, -0.1) is 0 Å². The van der Waals surface area contributed by atoms with Crippen LogP contribution in [0, 0.1) is 10.1 Å². The van der Waals surface area contributed by atoms with Crippen molar-refractivity contribution in [2.45, 2.75) is 12.6 Å². The molecule has 2 aromatic carbocycles. The van der Waals surface area contributed by atoms with E-state index in [-0.39, 0.29) is 24.6 Å². The Balaban J connectivity index is 1.56. The molecule has 0 atom stereocenters. The van der Waals surface area contributed by atoms with Gasteiger partial charge in [0.25, 0.3) is 5.69 Å². The number of nitrogens with zero attached hydrogens (tertiary/aromatic N) is 4. The molecule has 156 valence electrons. The Hall–Kier alpha value is -3.96. The lowest BCUT2D eigenvalue weighted by molar-refractivity contribution is -0.384. The second-order valence-corrected chi connectivity index (χ2v) is 6.10. The smallest absolute Gasteiger partial charge is 0.379 e. The first kappa shape index (κ1) is 20.8. The maximum absolute atomic E-state index is 12.7. The van der Waals surface area contributed by atoms with Crippen molar-refractivity contribution in [2.24, 2.45) is 0 Å². The summed E-state index contributed by atoms with van der Waals surface area (Å²) in [7, 11) is 0. The molecule has 0 aliphatic rings. The first-order valence-electron chi connectivity index (χ1n) is 8.58. The molecule has 0 aliphatic heterocycles. The molecule has 0 spiro atoms. The summed E-state index contributed by atoms with van der Waals surface area (Å²) in [6.45, 7) is -0.00488. The molecule has 2 N–H and O–H groups in total. The van der Waals surface area contributed by atoms with Gasteiger partial charge >= 0.3 is 6.18 Å². The Labute approximate surface area is 167 Å². The summed E-state index contributed by atoms with van der Waals surface area (Å²) in [5.41, 5.74) is -0.648. The Morgan fingerprint density at radius 3 is 2.50 bits per heavy atom. The van der Waals surface area contributed by atoms with E-state index in [1.54, 1.807) is 28.9 Å². The topological polar surface area (TPSA) is 115 Å². The number of rotatable bonds is 7. The Morgan fingerprint density at radius 2 is 1.90 bits per heavy atom. The Morgan fingerprint density at radius 1 is 1.17 bits per heavy atom. The van der Waals surface area contributed by atoms with E-state index >= 15 is 0 Å². The molecule has 3 aromatic rings. The molecular formula is C18H15F3N6O3. The Kier molecular flexibility index (Phi) is 5.95. The van der Waals surface area contributed by atoms with Gasteiger partial charge in [-0.25, -0.2) is 9.67 Å². The van der Waals surface area contributed by atoms with Crippen molar-refractivity contribution >= 4 is 23.0 Å². The minimum Gasteiger partial charge on any atom is -0.379 e. The summed E-state index contributed by atoms with van der Waals surface area (Å²) in [6.07, 6.45) is -1.82. The molecule has 0 bridgehead atoms. The van der Waals surface area contributed by atoms with E-state index in [0.29, 0.717) is 11.8 Å². The summed E-state index contributed by atoms with van der Waals surface area (Å²) in [6, 6.07) is 8.97. The van der Waals surface area contributed by atoms with Crippen LogP contribution in [0.5, 0.6) is 0 Å². The van der Waals surface area contributed by atoms with Crippen LogP contribution in [0.15, 0.2) is 55.1 Å². The number of aromatic nitrogens is 3. The fourth-order valence-electron chi connectivity index (χ4n) is 2.58. The first-order chi connectivity index (χ1) is 14.2. The number of nitro groups is 1. The number of hydrogen-bond acceptors (Lipinski definition) is 6. The lowest BCUT2D eigenvalue weighted by Crippen LogP contribution is -2.17. The van der Waals surface area contributed by atoms with Gasteiger partial charge in [-0.05, 0) is 36.4 Å². The molecule has 1 aromatic heterocycles. The van der Waals surface area contributed by atoms with Gasteiger partial charge in [0.1, 0.15) is 18.3 Å². The number of carbonyl (C=O) groups excluding carboxylic acids is 1. The summed E-state index contributed by atoms with van der Waals surface area (Å²) in [5.74, 6) is -0.370.